The van der Waals surface area contributed by atoms with Gasteiger partial charge in [0.05, 0.1) is 13.2 Å². The van der Waals surface area contributed by atoms with Crippen LogP contribution in [-0.4, -0.2) is 48.4 Å². The second-order valence-corrected chi connectivity index (χ2v) is 5.00. The lowest BCUT2D eigenvalue weighted by Gasteiger charge is -2.25. The van der Waals surface area contributed by atoms with E-state index in [1.54, 1.807) is 4.90 Å². The highest BCUT2D eigenvalue weighted by molar-refractivity contribution is 5.74. The van der Waals surface area contributed by atoms with Crippen LogP contribution >= 0.6 is 0 Å². The minimum atomic E-state index is -0.140. The van der Waals surface area contributed by atoms with Crippen molar-refractivity contribution >= 4 is 6.03 Å². The van der Waals surface area contributed by atoms with Crippen LogP contribution in [0.1, 0.15) is 25.3 Å². The number of hydrogen-bond donors (Lipinski definition) is 2. The van der Waals surface area contributed by atoms with Gasteiger partial charge in [0.15, 0.2) is 0 Å². The van der Waals surface area contributed by atoms with Crippen molar-refractivity contribution in [3.8, 4) is 5.75 Å². The Morgan fingerprint density at radius 2 is 2.30 bits per heavy atom. The second-order valence-electron chi connectivity index (χ2n) is 5.00. The third-order valence-electron chi connectivity index (χ3n) is 3.73. The molecule has 2 atom stereocenters. The van der Waals surface area contributed by atoms with Crippen LogP contribution in [-0.2, 0) is 0 Å². The topological polar surface area (TPSA) is 61.8 Å². The zero-order chi connectivity index (χ0) is 14.5. The van der Waals surface area contributed by atoms with Gasteiger partial charge in [-0.1, -0.05) is 18.2 Å². The van der Waals surface area contributed by atoms with Crippen molar-refractivity contribution in [2.75, 3.05) is 26.3 Å². The summed E-state index contributed by atoms with van der Waals surface area (Å²) in [4.78, 5) is 13.7. The van der Waals surface area contributed by atoms with E-state index in [0.29, 0.717) is 19.7 Å². The van der Waals surface area contributed by atoms with Gasteiger partial charge in [-0.05, 0) is 19.9 Å². The Hall–Kier alpha value is -1.75. The average molecular weight is 278 g/mol. The predicted molar refractivity (Wildman–Crippen MR) is 77.0 cm³/mol. The number of benzene rings is 1. The van der Waals surface area contributed by atoms with Gasteiger partial charge >= 0.3 is 6.03 Å². The average Bonchev–Trinajstić information content (AvgIpc) is 2.88. The highest BCUT2D eigenvalue weighted by Gasteiger charge is 2.30. The number of fused-ring (bicyclic) bond motifs is 1. The maximum atomic E-state index is 12.1. The molecule has 5 heteroatoms. The molecule has 110 valence electrons. The Morgan fingerprint density at radius 3 is 3.00 bits per heavy atom. The van der Waals surface area contributed by atoms with Gasteiger partial charge in [-0.3, -0.25) is 0 Å². The van der Waals surface area contributed by atoms with Gasteiger partial charge in [0, 0.05) is 30.6 Å². The van der Waals surface area contributed by atoms with Crippen LogP contribution in [0.2, 0.25) is 0 Å². The molecule has 0 bridgehead atoms. The first-order chi connectivity index (χ1) is 9.67. The van der Waals surface area contributed by atoms with Crippen molar-refractivity contribution in [1.29, 1.82) is 0 Å². The quantitative estimate of drug-likeness (QED) is 0.859. The molecule has 1 heterocycles. The summed E-state index contributed by atoms with van der Waals surface area (Å²) in [6.07, 6.45) is 0. The molecule has 0 aliphatic carbocycles. The van der Waals surface area contributed by atoms with Crippen LogP contribution in [0.25, 0.3) is 0 Å². The molecule has 0 saturated carbocycles. The number of likely N-dealkylation sites (N-methyl/N-ethyl adjacent to an activating group) is 1. The van der Waals surface area contributed by atoms with Crippen LogP contribution in [0.3, 0.4) is 0 Å². The second kappa shape index (κ2) is 6.61. The molecular weight excluding hydrogens is 256 g/mol. The number of aliphatic hydroxyl groups excluding tert-OH is 1. The van der Waals surface area contributed by atoms with Crippen molar-refractivity contribution in [1.82, 2.24) is 10.2 Å². The number of para-hydroxylation sites is 1. The van der Waals surface area contributed by atoms with Gasteiger partial charge in [-0.2, -0.15) is 0 Å². The molecule has 5 nitrogen and oxygen atoms in total. The van der Waals surface area contributed by atoms with Crippen molar-refractivity contribution in [2.24, 2.45) is 0 Å². The number of carbonyl (C=O) groups is 1. The largest absolute Gasteiger partial charge is 0.493 e. The van der Waals surface area contributed by atoms with Gasteiger partial charge in [0.2, 0.25) is 0 Å². The maximum absolute atomic E-state index is 12.1. The molecule has 1 aromatic carbocycles. The van der Waals surface area contributed by atoms with Crippen LogP contribution in [0.5, 0.6) is 5.75 Å². The summed E-state index contributed by atoms with van der Waals surface area (Å²) >= 11 is 0. The number of nitrogens with zero attached hydrogens (tertiary/aromatic N) is 1. The fourth-order valence-electron chi connectivity index (χ4n) is 2.51. The Labute approximate surface area is 119 Å². The predicted octanol–water partition coefficient (Wildman–Crippen LogP) is 1.57. The number of rotatable bonds is 5. The molecule has 2 unspecified atom stereocenters. The van der Waals surface area contributed by atoms with E-state index >= 15 is 0 Å². The number of urea groups is 1. The molecule has 20 heavy (non-hydrogen) atoms. The highest BCUT2D eigenvalue weighted by atomic mass is 16.5. The maximum Gasteiger partial charge on any atom is 0.317 e. The minimum absolute atomic E-state index is 0.0149. The number of hydrogen-bond acceptors (Lipinski definition) is 3. The first kappa shape index (κ1) is 14.7. The summed E-state index contributed by atoms with van der Waals surface area (Å²) in [6, 6.07) is 7.77. The third-order valence-corrected chi connectivity index (χ3v) is 3.73. The van der Waals surface area contributed by atoms with Crippen LogP contribution in [0.15, 0.2) is 24.3 Å². The van der Waals surface area contributed by atoms with Crippen molar-refractivity contribution in [3.05, 3.63) is 29.8 Å². The van der Waals surface area contributed by atoms with Crippen molar-refractivity contribution in [2.45, 2.75) is 25.8 Å². The van der Waals surface area contributed by atoms with E-state index in [1.165, 1.54) is 0 Å². The summed E-state index contributed by atoms with van der Waals surface area (Å²) in [6.45, 7) is 5.39. The lowest BCUT2D eigenvalue weighted by molar-refractivity contribution is 0.175. The van der Waals surface area contributed by atoms with Gasteiger partial charge in [0.1, 0.15) is 5.75 Å². The summed E-state index contributed by atoms with van der Waals surface area (Å²) in [5.41, 5.74) is 1.14. The molecule has 2 rings (SSSR count). The van der Waals surface area contributed by atoms with Gasteiger partial charge in [-0.25, -0.2) is 4.79 Å². The van der Waals surface area contributed by atoms with E-state index in [1.807, 2.05) is 38.1 Å². The molecule has 0 fully saturated rings. The van der Waals surface area contributed by atoms with Crippen LogP contribution < -0.4 is 10.1 Å². The molecule has 0 radical (unpaired) electrons. The SMILES string of the molecule is CCN(CCO)C(=O)NC(C)C1COc2ccccc21. The van der Waals surface area contributed by atoms with E-state index in [2.05, 4.69) is 5.32 Å². The lowest BCUT2D eigenvalue weighted by Crippen LogP contribution is -2.46. The normalized spacial score (nSPS) is 18.1. The van der Waals surface area contributed by atoms with E-state index in [-0.39, 0.29) is 24.6 Å². The summed E-state index contributed by atoms with van der Waals surface area (Å²) in [7, 11) is 0. The first-order valence-corrected chi connectivity index (χ1v) is 7.05. The van der Waals surface area contributed by atoms with Gasteiger partial charge < -0.3 is 20.1 Å². The smallest absolute Gasteiger partial charge is 0.317 e. The Bertz CT molecular complexity index is 464. The Morgan fingerprint density at radius 1 is 1.55 bits per heavy atom. The highest BCUT2D eigenvalue weighted by Crippen LogP contribution is 2.35. The van der Waals surface area contributed by atoms with Gasteiger partial charge in [0.25, 0.3) is 0 Å². The van der Waals surface area contributed by atoms with Crippen molar-refractivity contribution < 1.29 is 14.6 Å². The molecule has 0 saturated heterocycles. The number of aliphatic hydroxyl groups is 1. The van der Waals surface area contributed by atoms with Crippen LogP contribution in [0.4, 0.5) is 4.79 Å². The van der Waals surface area contributed by atoms with E-state index in [4.69, 9.17) is 9.84 Å². The van der Waals surface area contributed by atoms with E-state index in [9.17, 15) is 4.79 Å². The first-order valence-electron chi connectivity index (χ1n) is 7.05. The zero-order valence-corrected chi connectivity index (χ0v) is 12.0. The molecule has 1 aliphatic heterocycles. The fraction of sp³-hybridized carbons (Fsp3) is 0.533. The summed E-state index contributed by atoms with van der Waals surface area (Å²) in [5, 5.41) is 11.9. The molecule has 0 spiro atoms. The Kier molecular flexibility index (Phi) is 4.84. The molecule has 2 amide bonds. The van der Waals surface area contributed by atoms with Crippen LogP contribution in [0, 0.1) is 0 Å². The summed E-state index contributed by atoms with van der Waals surface area (Å²) in [5.74, 6) is 1.07. The standard InChI is InChI=1S/C15H22N2O3/c1-3-17(8-9-18)15(19)16-11(2)13-10-20-14-7-5-4-6-12(13)14/h4-7,11,13,18H,3,8-10H2,1-2H3,(H,16,19). The number of nitrogens with one attached hydrogen (secondary N) is 1. The third kappa shape index (κ3) is 3.04. The van der Waals surface area contributed by atoms with E-state index < -0.39 is 0 Å². The molecule has 1 aliphatic rings. The molecule has 1 aromatic rings. The number of carbonyl (C=O) groups excluding carboxylic acids is 1. The number of ether oxygens (including phenoxy) is 1. The Balaban J connectivity index is 1.99. The number of amides is 2. The fourth-order valence-corrected chi connectivity index (χ4v) is 2.51. The lowest BCUT2D eigenvalue weighted by atomic mass is 9.94. The minimum Gasteiger partial charge on any atom is -0.493 e. The van der Waals surface area contributed by atoms with Crippen molar-refractivity contribution in [3.63, 3.8) is 0 Å². The monoisotopic (exact) mass is 278 g/mol. The molecular formula is C15H22N2O3. The van der Waals surface area contributed by atoms with E-state index in [0.717, 1.165) is 11.3 Å². The zero-order valence-electron chi connectivity index (χ0n) is 12.0. The summed E-state index contributed by atoms with van der Waals surface area (Å²) < 4.78 is 5.64. The molecule has 0 aromatic heterocycles. The van der Waals surface area contributed by atoms with Gasteiger partial charge in [-0.15, -0.1) is 0 Å². The molecule has 2 N–H and O–H groups in total.